The number of nitrogens with zero attached hydrogens (tertiary/aromatic N) is 1. The molecule has 1 aliphatic rings. The van der Waals surface area contributed by atoms with Crippen molar-refractivity contribution in [2.24, 2.45) is 0 Å². The minimum absolute atomic E-state index is 0.259. The summed E-state index contributed by atoms with van der Waals surface area (Å²) in [6.07, 6.45) is 2.60. The second-order valence-electron chi connectivity index (χ2n) is 5.46. The van der Waals surface area contributed by atoms with Crippen molar-refractivity contribution in [2.45, 2.75) is 44.4 Å². The average molecular weight is 333 g/mol. The smallest absolute Gasteiger partial charge is 0.279 e. The first-order valence-corrected chi connectivity index (χ1v) is 8.86. The summed E-state index contributed by atoms with van der Waals surface area (Å²) in [5.74, 6) is 0. The van der Waals surface area contributed by atoms with Gasteiger partial charge in [0, 0.05) is 24.7 Å². The van der Waals surface area contributed by atoms with Crippen molar-refractivity contribution in [3.05, 3.63) is 34.9 Å². The van der Waals surface area contributed by atoms with Crippen LogP contribution >= 0.6 is 11.6 Å². The lowest BCUT2D eigenvalue weighted by Crippen LogP contribution is -2.49. The normalized spacial score (nSPS) is 23.4. The Labute approximate surface area is 131 Å². The Morgan fingerprint density at radius 1 is 1.29 bits per heavy atom. The highest BCUT2D eigenvalue weighted by molar-refractivity contribution is 7.87. The van der Waals surface area contributed by atoms with Crippen molar-refractivity contribution in [1.82, 2.24) is 9.03 Å². The van der Waals surface area contributed by atoms with Crippen LogP contribution in [0.3, 0.4) is 0 Å². The first kappa shape index (κ1) is 16.7. The Hall–Kier alpha value is -0.660. The zero-order valence-corrected chi connectivity index (χ0v) is 13.6. The maximum Gasteiger partial charge on any atom is 0.279 e. The van der Waals surface area contributed by atoms with E-state index >= 15 is 0 Å². The van der Waals surface area contributed by atoms with E-state index in [4.69, 9.17) is 11.6 Å². The molecule has 0 spiro atoms. The number of halogens is 1. The SMILES string of the molecule is CN(Cc1ccc(Cl)cc1)S(=O)(=O)NC1CCCCC1O. The molecule has 0 heterocycles. The van der Waals surface area contributed by atoms with E-state index in [1.807, 2.05) is 0 Å². The van der Waals surface area contributed by atoms with Crippen LogP contribution in [0.25, 0.3) is 0 Å². The van der Waals surface area contributed by atoms with E-state index in [-0.39, 0.29) is 6.54 Å². The zero-order chi connectivity index (χ0) is 15.5. The number of benzene rings is 1. The highest BCUT2D eigenvalue weighted by atomic mass is 35.5. The molecule has 2 rings (SSSR count). The van der Waals surface area contributed by atoms with Crippen molar-refractivity contribution in [2.75, 3.05) is 7.05 Å². The molecule has 1 saturated carbocycles. The van der Waals surface area contributed by atoms with Crippen molar-refractivity contribution >= 4 is 21.8 Å². The van der Waals surface area contributed by atoms with Gasteiger partial charge in [0.1, 0.15) is 0 Å². The van der Waals surface area contributed by atoms with Crippen LogP contribution in [0, 0.1) is 0 Å². The molecule has 2 atom stereocenters. The molecule has 21 heavy (non-hydrogen) atoms. The molecule has 1 aromatic carbocycles. The van der Waals surface area contributed by atoms with Crippen LogP contribution in [0.15, 0.2) is 24.3 Å². The van der Waals surface area contributed by atoms with E-state index in [0.717, 1.165) is 18.4 Å². The first-order chi connectivity index (χ1) is 9.88. The Bertz CT molecular complexity index is 562. The van der Waals surface area contributed by atoms with Gasteiger partial charge in [-0.3, -0.25) is 0 Å². The fourth-order valence-electron chi connectivity index (χ4n) is 2.46. The molecule has 0 amide bonds. The molecule has 1 aliphatic carbocycles. The molecular weight excluding hydrogens is 312 g/mol. The van der Waals surface area contributed by atoms with E-state index in [1.165, 1.54) is 11.4 Å². The average Bonchev–Trinajstić information content (AvgIpc) is 2.43. The fraction of sp³-hybridized carbons (Fsp3) is 0.571. The molecule has 7 heteroatoms. The molecule has 0 radical (unpaired) electrons. The van der Waals surface area contributed by atoms with Gasteiger partial charge in [0.2, 0.25) is 0 Å². The number of hydrogen-bond donors (Lipinski definition) is 2. The molecule has 5 nitrogen and oxygen atoms in total. The van der Waals surface area contributed by atoms with Crippen LogP contribution < -0.4 is 4.72 Å². The first-order valence-electron chi connectivity index (χ1n) is 7.04. The van der Waals surface area contributed by atoms with Gasteiger partial charge in [-0.05, 0) is 30.5 Å². The number of nitrogens with one attached hydrogen (secondary N) is 1. The van der Waals surface area contributed by atoms with Crippen LogP contribution in [0.4, 0.5) is 0 Å². The standard InChI is InChI=1S/C14H21ClN2O3S/c1-17(10-11-6-8-12(15)9-7-11)21(19,20)16-13-4-2-3-5-14(13)18/h6-9,13-14,16,18H,2-5,10H2,1H3. The number of rotatable bonds is 5. The molecule has 118 valence electrons. The predicted octanol–water partition coefficient (Wildman–Crippen LogP) is 1.91. The number of aliphatic hydroxyl groups is 1. The van der Waals surface area contributed by atoms with E-state index in [1.54, 1.807) is 24.3 Å². The highest BCUT2D eigenvalue weighted by Gasteiger charge is 2.29. The van der Waals surface area contributed by atoms with Crippen LogP contribution in [0.5, 0.6) is 0 Å². The van der Waals surface area contributed by atoms with E-state index < -0.39 is 22.4 Å². The lowest BCUT2D eigenvalue weighted by Gasteiger charge is -2.30. The van der Waals surface area contributed by atoms with Gasteiger partial charge < -0.3 is 5.11 Å². The van der Waals surface area contributed by atoms with Crippen molar-refractivity contribution in [3.63, 3.8) is 0 Å². The van der Waals surface area contributed by atoms with Gasteiger partial charge in [0.15, 0.2) is 0 Å². The summed E-state index contributed by atoms with van der Waals surface area (Å²) in [6, 6.07) is 6.66. The van der Waals surface area contributed by atoms with E-state index in [9.17, 15) is 13.5 Å². The summed E-state index contributed by atoms with van der Waals surface area (Å²) >= 11 is 5.81. The Balaban J connectivity index is 1.99. The minimum Gasteiger partial charge on any atom is -0.391 e. The van der Waals surface area contributed by atoms with E-state index in [0.29, 0.717) is 17.9 Å². The van der Waals surface area contributed by atoms with Gasteiger partial charge in [-0.25, -0.2) is 0 Å². The van der Waals surface area contributed by atoms with Crippen molar-refractivity contribution in [3.8, 4) is 0 Å². The van der Waals surface area contributed by atoms with Crippen molar-refractivity contribution in [1.29, 1.82) is 0 Å². The molecule has 2 unspecified atom stereocenters. The lowest BCUT2D eigenvalue weighted by atomic mass is 9.93. The topological polar surface area (TPSA) is 69.6 Å². The molecule has 0 saturated heterocycles. The molecular formula is C14H21ClN2O3S. The third-order valence-corrected chi connectivity index (χ3v) is 5.56. The Morgan fingerprint density at radius 2 is 1.90 bits per heavy atom. The third-order valence-electron chi connectivity index (χ3n) is 3.76. The quantitative estimate of drug-likeness (QED) is 0.865. The minimum atomic E-state index is -3.61. The second kappa shape index (κ2) is 7.07. The zero-order valence-electron chi connectivity index (χ0n) is 12.0. The maximum absolute atomic E-state index is 12.3. The van der Waals surface area contributed by atoms with Gasteiger partial charge >= 0.3 is 0 Å². The van der Waals surface area contributed by atoms with Gasteiger partial charge in [0.25, 0.3) is 10.2 Å². The molecule has 0 aliphatic heterocycles. The van der Waals surface area contributed by atoms with Crippen LogP contribution in [0.2, 0.25) is 5.02 Å². The molecule has 1 fully saturated rings. The largest absolute Gasteiger partial charge is 0.391 e. The summed E-state index contributed by atoms with van der Waals surface area (Å²) in [7, 11) is -2.09. The second-order valence-corrected chi connectivity index (χ2v) is 7.71. The lowest BCUT2D eigenvalue weighted by molar-refractivity contribution is 0.100. The van der Waals surface area contributed by atoms with Crippen LogP contribution in [0.1, 0.15) is 31.2 Å². The fourth-order valence-corrected chi connectivity index (χ4v) is 3.74. The molecule has 1 aromatic rings. The summed E-state index contributed by atoms with van der Waals surface area (Å²) < 4.78 is 28.4. The van der Waals surface area contributed by atoms with Crippen LogP contribution in [-0.2, 0) is 16.8 Å². The summed E-state index contributed by atoms with van der Waals surface area (Å²) in [5.41, 5.74) is 0.858. The summed E-state index contributed by atoms with van der Waals surface area (Å²) in [6.45, 7) is 0.259. The molecule has 0 aromatic heterocycles. The Kier molecular flexibility index (Phi) is 5.62. The third kappa shape index (κ3) is 4.66. The monoisotopic (exact) mass is 332 g/mol. The highest BCUT2D eigenvalue weighted by Crippen LogP contribution is 2.20. The number of aliphatic hydroxyl groups excluding tert-OH is 1. The van der Waals surface area contributed by atoms with Crippen molar-refractivity contribution < 1.29 is 13.5 Å². The van der Waals surface area contributed by atoms with Gasteiger partial charge in [-0.2, -0.15) is 17.4 Å². The maximum atomic E-state index is 12.3. The van der Waals surface area contributed by atoms with Gasteiger partial charge in [0.05, 0.1) is 6.10 Å². The summed E-state index contributed by atoms with van der Waals surface area (Å²) in [4.78, 5) is 0. The van der Waals surface area contributed by atoms with Gasteiger partial charge in [-0.15, -0.1) is 0 Å². The van der Waals surface area contributed by atoms with Crippen LogP contribution in [-0.4, -0.2) is 37.0 Å². The molecule has 0 bridgehead atoms. The predicted molar refractivity (Wildman–Crippen MR) is 83.2 cm³/mol. The summed E-state index contributed by atoms with van der Waals surface area (Å²) in [5, 5.41) is 10.5. The molecule has 2 N–H and O–H groups in total. The number of hydrogen-bond acceptors (Lipinski definition) is 3. The Morgan fingerprint density at radius 3 is 2.52 bits per heavy atom. The van der Waals surface area contributed by atoms with Gasteiger partial charge in [-0.1, -0.05) is 36.6 Å². The van der Waals surface area contributed by atoms with E-state index in [2.05, 4.69) is 4.72 Å².